The second-order valence-corrected chi connectivity index (χ2v) is 5.62. The lowest BCUT2D eigenvalue weighted by Crippen LogP contribution is -2.22. The van der Waals surface area contributed by atoms with E-state index in [9.17, 15) is 13.2 Å². The van der Waals surface area contributed by atoms with Crippen LogP contribution in [0.2, 0.25) is 0 Å². The average Bonchev–Trinajstić information content (AvgIpc) is 2.33. The number of carboxylic acids is 1. The van der Waals surface area contributed by atoms with Crippen LogP contribution in [0.1, 0.15) is 12.8 Å². The molecule has 0 spiro atoms. The average molecular weight is 298 g/mol. The lowest BCUT2D eigenvalue weighted by Gasteiger charge is -2.09. The Balaban J connectivity index is 2.64. The quantitative estimate of drug-likeness (QED) is 0.696. The lowest BCUT2D eigenvalue weighted by molar-refractivity contribution is -0.134. The SMILES string of the molecule is N#CCCCOc1cccc(NS(=O)(=O)CC(=O)O)c1. The van der Waals surface area contributed by atoms with Gasteiger partial charge in [-0.1, -0.05) is 6.07 Å². The number of carbonyl (C=O) groups is 1. The summed E-state index contributed by atoms with van der Waals surface area (Å²) < 4.78 is 30.4. The Kier molecular flexibility index (Phi) is 5.80. The van der Waals surface area contributed by atoms with Crippen LogP contribution >= 0.6 is 0 Å². The first kappa shape index (κ1) is 15.8. The van der Waals surface area contributed by atoms with Crippen molar-refractivity contribution in [2.75, 3.05) is 17.1 Å². The third-order valence-electron chi connectivity index (χ3n) is 2.12. The van der Waals surface area contributed by atoms with Crippen LogP contribution in [0.25, 0.3) is 0 Å². The second-order valence-electron chi connectivity index (χ2n) is 3.89. The van der Waals surface area contributed by atoms with E-state index in [0.717, 1.165) is 0 Å². The first-order valence-corrected chi connectivity index (χ1v) is 7.40. The molecule has 0 aromatic heterocycles. The Hall–Kier alpha value is -2.27. The number of sulfonamides is 1. The second kappa shape index (κ2) is 7.35. The van der Waals surface area contributed by atoms with Gasteiger partial charge < -0.3 is 9.84 Å². The molecule has 108 valence electrons. The Morgan fingerprint density at radius 3 is 2.85 bits per heavy atom. The highest BCUT2D eigenvalue weighted by Gasteiger charge is 2.15. The summed E-state index contributed by atoms with van der Waals surface area (Å²) in [5.74, 6) is -1.99. The molecule has 1 rings (SSSR count). The molecular weight excluding hydrogens is 284 g/mol. The molecule has 0 fully saturated rings. The van der Waals surface area contributed by atoms with Gasteiger partial charge in [0.05, 0.1) is 18.4 Å². The van der Waals surface area contributed by atoms with Crippen LogP contribution in [0.4, 0.5) is 5.69 Å². The molecule has 0 saturated carbocycles. The Labute approximate surface area is 116 Å². The molecule has 0 atom stereocenters. The molecule has 0 unspecified atom stereocenters. The molecule has 0 radical (unpaired) electrons. The van der Waals surface area contributed by atoms with E-state index in [4.69, 9.17) is 15.1 Å². The molecule has 2 N–H and O–H groups in total. The number of benzene rings is 1. The van der Waals surface area contributed by atoms with E-state index in [-0.39, 0.29) is 5.69 Å². The van der Waals surface area contributed by atoms with Crippen molar-refractivity contribution in [1.82, 2.24) is 0 Å². The molecule has 8 heteroatoms. The number of carboxylic acid groups (broad SMARTS) is 1. The van der Waals surface area contributed by atoms with Crippen molar-refractivity contribution in [1.29, 1.82) is 5.26 Å². The van der Waals surface area contributed by atoms with Crippen molar-refractivity contribution >= 4 is 21.7 Å². The van der Waals surface area contributed by atoms with Crippen LogP contribution in [0.15, 0.2) is 24.3 Å². The number of nitrogens with zero attached hydrogens (tertiary/aromatic N) is 1. The molecule has 0 aliphatic carbocycles. The minimum atomic E-state index is -3.93. The van der Waals surface area contributed by atoms with Crippen molar-refractivity contribution in [2.24, 2.45) is 0 Å². The van der Waals surface area contributed by atoms with E-state index in [1.165, 1.54) is 12.1 Å². The van der Waals surface area contributed by atoms with Gasteiger partial charge in [-0.25, -0.2) is 8.42 Å². The molecule has 1 aromatic rings. The van der Waals surface area contributed by atoms with E-state index in [2.05, 4.69) is 4.72 Å². The van der Waals surface area contributed by atoms with Crippen molar-refractivity contribution < 1.29 is 23.1 Å². The van der Waals surface area contributed by atoms with Crippen molar-refractivity contribution in [3.05, 3.63) is 24.3 Å². The van der Waals surface area contributed by atoms with Gasteiger partial charge in [0, 0.05) is 12.5 Å². The Bertz CT molecular complexity index is 607. The van der Waals surface area contributed by atoms with Crippen LogP contribution in [-0.2, 0) is 14.8 Å². The highest BCUT2D eigenvalue weighted by atomic mass is 32.2. The third-order valence-corrected chi connectivity index (χ3v) is 3.30. The van der Waals surface area contributed by atoms with Crippen LogP contribution in [0.5, 0.6) is 5.75 Å². The molecule has 0 heterocycles. The fraction of sp³-hybridized carbons (Fsp3) is 0.333. The van der Waals surface area contributed by atoms with Crippen molar-refractivity contribution in [2.45, 2.75) is 12.8 Å². The summed E-state index contributed by atoms with van der Waals surface area (Å²) in [7, 11) is -3.93. The van der Waals surface area contributed by atoms with Crippen molar-refractivity contribution in [3.8, 4) is 11.8 Å². The highest BCUT2D eigenvalue weighted by molar-refractivity contribution is 7.93. The standard InChI is InChI=1S/C12H14N2O5S/c13-6-1-2-7-19-11-5-3-4-10(8-11)14-20(17,18)9-12(15)16/h3-5,8,14H,1-2,7,9H2,(H,15,16). The fourth-order valence-corrected chi connectivity index (χ4v) is 2.25. The first-order valence-electron chi connectivity index (χ1n) is 5.75. The summed E-state index contributed by atoms with van der Waals surface area (Å²) in [6.45, 7) is 0.346. The highest BCUT2D eigenvalue weighted by Crippen LogP contribution is 2.18. The summed E-state index contributed by atoms with van der Waals surface area (Å²) in [5, 5.41) is 16.9. The third kappa shape index (κ3) is 6.06. The smallest absolute Gasteiger partial charge is 0.320 e. The molecule has 0 saturated heterocycles. The van der Waals surface area contributed by atoms with Gasteiger partial charge in [0.1, 0.15) is 5.75 Å². The van der Waals surface area contributed by atoms with E-state index in [1.807, 2.05) is 6.07 Å². The zero-order chi connectivity index (χ0) is 15.0. The molecule has 20 heavy (non-hydrogen) atoms. The zero-order valence-electron chi connectivity index (χ0n) is 10.6. The maximum Gasteiger partial charge on any atom is 0.320 e. The molecule has 1 aromatic carbocycles. The summed E-state index contributed by atoms with van der Waals surface area (Å²) in [5.41, 5.74) is 0.226. The minimum absolute atomic E-state index is 0.226. The number of hydrogen-bond donors (Lipinski definition) is 2. The maximum absolute atomic E-state index is 11.5. The Morgan fingerprint density at radius 2 is 2.20 bits per heavy atom. The molecule has 0 amide bonds. The number of nitriles is 1. The maximum atomic E-state index is 11.5. The number of rotatable bonds is 8. The Morgan fingerprint density at radius 1 is 1.45 bits per heavy atom. The van der Waals surface area contributed by atoms with E-state index < -0.39 is 21.7 Å². The van der Waals surface area contributed by atoms with E-state index in [1.54, 1.807) is 12.1 Å². The number of nitrogens with one attached hydrogen (secondary N) is 1. The van der Waals surface area contributed by atoms with Crippen LogP contribution in [0.3, 0.4) is 0 Å². The van der Waals surface area contributed by atoms with Crippen molar-refractivity contribution in [3.63, 3.8) is 0 Å². The lowest BCUT2D eigenvalue weighted by atomic mass is 10.3. The summed E-state index contributed by atoms with van der Waals surface area (Å²) in [4.78, 5) is 10.4. The van der Waals surface area contributed by atoms with Gasteiger partial charge in [-0.3, -0.25) is 9.52 Å². The monoisotopic (exact) mass is 298 g/mol. The zero-order valence-corrected chi connectivity index (χ0v) is 11.4. The predicted molar refractivity (Wildman–Crippen MR) is 71.8 cm³/mol. The number of anilines is 1. The van der Waals surface area contributed by atoms with Gasteiger partial charge in [-0.2, -0.15) is 5.26 Å². The predicted octanol–water partition coefficient (Wildman–Crippen LogP) is 1.20. The van der Waals surface area contributed by atoms with E-state index in [0.29, 0.717) is 25.2 Å². The van der Waals surface area contributed by atoms with Crippen LogP contribution < -0.4 is 9.46 Å². The number of unbranched alkanes of at least 4 members (excludes halogenated alkanes) is 1. The number of aliphatic carboxylic acids is 1. The van der Waals surface area contributed by atoms with Gasteiger partial charge >= 0.3 is 5.97 Å². The van der Waals surface area contributed by atoms with Gasteiger partial charge in [-0.15, -0.1) is 0 Å². The minimum Gasteiger partial charge on any atom is -0.493 e. The topological polar surface area (TPSA) is 116 Å². The summed E-state index contributed by atoms with van der Waals surface area (Å²) >= 11 is 0. The fourth-order valence-electron chi connectivity index (χ4n) is 1.37. The largest absolute Gasteiger partial charge is 0.493 e. The summed E-state index contributed by atoms with van der Waals surface area (Å²) in [6.07, 6.45) is 0.955. The normalized spacial score (nSPS) is 10.6. The number of hydrogen-bond acceptors (Lipinski definition) is 5. The first-order chi connectivity index (χ1) is 9.43. The van der Waals surface area contributed by atoms with E-state index >= 15 is 0 Å². The molecular formula is C12H14N2O5S. The molecule has 0 aliphatic heterocycles. The number of ether oxygens (including phenoxy) is 1. The summed E-state index contributed by atoms with van der Waals surface area (Å²) in [6, 6.07) is 8.15. The van der Waals surface area contributed by atoms with Crippen LogP contribution in [0, 0.1) is 11.3 Å². The molecule has 7 nitrogen and oxygen atoms in total. The van der Waals surface area contributed by atoms with Gasteiger partial charge in [0.25, 0.3) is 0 Å². The molecule has 0 bridgehead atoms. The van der Waals surface area contributed by atoms with Gasteiger partial charge in [0.2, 0.25) is 10.0 Å². The molecule has 0 aliphatic rings. The van der Waals surface area contributed by atoms with Gasteiger partial charge in [-0.05, 0) is 18.6 Å². The van der Waals surface area contributed by atoms with Gasteiger partial charge in [0.15, 0.2) is 5.75 Å². The van der Waals surface area contributed by atoms with Crippen LogP contribution in [-0.4, -0.2) is 31.9 Å².